The van der Waals surface area contributed by atoms with E-state index in [1.54, 1.807) is 23.0 Å². The second kappa shape index (κ2) is 9.81. The Bertz CT molecular complexity index is 1190. The number of benzene rings is 3. The molecular formula is C24H19BrClN3O2. The van der Waals surface area contributed by atoms with Gasteiger partial charge in [0.1, 0.15) is 17.4 Å². The number of hydrogen-bond acceptors (Lipinski definition) is 3. The van der Waals surface area contributed by atoms with E-state index in [0.29, 0.717) is 29.6 Å². The van der Waals surface area contributed by atoms with Gasteiger partial charge in [-0.2, -0.15) is 5.10 Å². The fourth-order valence-electron chi connectivity index (χ4n) is 3.04. The molecule has 1 aromatic heterocycles. The Morgan fingerprint density at radius 1 is 1.00 bits per heavy atom. The molecule has 4 aromatic rings. The number of anilines is 1. The first-order valence-electron chi connectivity index (χ1n) is 9.62. The van der Waals surface area contributed by atoms with Gasteiger partial charge in [0.25, 0.3) is 5.91 Å². The summed E-state index contributed by atoms with van der Waals surface area (Å²) in [6, 6.07) is 24.8. The Morgan fingerprint density at radius 3 is 2.58 bits per heavy atom. The molecule has 1 N–H and O–H groups in total. The van der Waals surface area contributed by atoms with Crippen LogP contribution in [0.3, 0.4) is 0 Å². The van der Waals surface area contributed by atoms with Crippen LogP contribution in [0.2, 0.25) is 5.02 Å². The number of ether oxygens (including phenoxy) is 1. The first kappa shape index (κ1) is 21.2. The molecule has 0 saturated heterocycles. The van der Waals surface area contributed by atoms with E-state index in [2.05, 4.69) is 26.3 Å². The van der Waals surface area contributed by atoms with E-state index < -0.39 is 0 Å². The van der Waals surface area contributed by atoms with E-state index in [4.69, 9.17) is 16.3 Å². The van der Waals surface area contributed by atoms with Gasteiger partial charge in [0.05, 0.1) is 6.54 Å². The number of aromatic nitrogens is 2. The maximum atomic E-state index is 12.7. The first-order valence-corrected chi connectivity index (χ1v) is 10.8. The molecule has 0 spiro atoms. The zero-order valence-corrected chi connectivity index (χ0v) is 18.8. The van der Waals surface area contributed by atoms with Crippen LogP contribution in [0.15, 0.2) is 89.5 Å². The van der Waals surface area contributed by atoms with Crippen molar-refractivity contribution in [1.82, 2.24) is 9.78 Å². The Hall–Kier alpha value is -3.09. The molecule has 0 aliphatic heterocycles. The summed E-state index contributed by atoms with van der Waals surface area (Å²) in [7, 11) is 0. The van der Waals surface area contributed by atoms with E-state index in [1.807, 2.05) is 66.7 Å². The lowest BCUT2D eigenvalue weighted by molar-refractivity contribution is 0.102. The molecule has 0 radical (unpaired) electrons. The SMILES string of the molecule is O=C(Nc1nn(Cc2ccccc2)cc1Cl)c1cccc(COc2cccc(Br)c2)c1. The maximum Gasteiger partial charge on any atom is 0.256 e. The Balaban J connectivity index is 1.41. The van der Waals surface area contributed by atoms with Gasteiger partial charge in [-0.3, -0.25) is 9.48 Å². The first-order chi connectivity index (χ1) is 15.1. The molecule has 1 heterocycles. The highest BCUT2D eigenvalue weighted by molar-refractivity contribution is 9.10. The van der Waals surface area contributed by atoms with Crippen molar-refractivity contribution < 1.29 is 9.53 Å². The highest BCUT2D eigenvalue weighted by Crippen LogP contribution is 2.22. The van der Waals surface area contributed by atoms with Crippen LogP contribution in [0.4, 0.5) is 5.82 Å². The number of carbonyl (C=O) groups is 1. The predicted molar refractivity (Wildman–Crippen MR) is 126 cm³/mol. The molecule has 156 valence electrons. The topological polar surface area (TPSA) is 56.2 Å². The number of halogens is 2. The quantitative estimate of drug-likeness (QED) is 0.332. The number of nitrogens with zero attached hydrogens (tertiary/aromatic N) is 2. The van der Waals surface area contributed by atoms with Crippen LogP contribution in [0.1, 0.15) is 21.5 Å². The number of amides is 1. The number of rotatable bonds is 7. The molecule has 0 aliphatic carbocycles. The van der Waals surface area contributed by atoms with Gasteiger partial charge in [0.2, 0.25) is 0 Å². The molecule has 0 fully saturated rings. The molecule has 3 aromatic carbocycles. The molecule has 1 amide bonds. The van der Waals surface area contributed by atoms with Crippen LogP contribution in [0.5, 0.6) is 5.75 Å². The van der Waals surface area contributed by atoms with E-state index in [9.17, 15) is 4.79 Å². The average molecular weight is 497 g/mol. The van der Waals surface area contributed by atoms with Crippen molar-refractivity contribution in [3.05, 3.63) is 111 Å². The van der Waals surface area contributed by atoms with Crippen molar-refractivity contribution in [2.45, 2.75) is 13.2 Å². The molecule has 0 atom stereocenters. The molecule has 5 nitrogen and oxygen atoms in total. The van der Waals surface area contributed by atoms with Gasteiger partial charge < -0.3 is 10.1 Å². The Labute approximate surface area is 193 Å². The molecule has 0 saturated carbocycles. The van der Waals surface area contributed by atoms with E-state index in [1.165, 1.54) is 0 Å². The monoisotopic (exact) mass is 495 g/mol. The molecule has 0 bridgehead atoms. The van der Waals surface area contributed by atoms with Gasteiger partial charge in [-0.25, -0.2) is 0 Å². The van der Waals surface area contributed by atoms with Crippen molar-refractivity contribution in [3.63, 3.8) is 0 Å². The van der Waals surface area contributed by atoms with E-state index in [-0.39, 0.29) is 5.91 Å². The minimum atomic E-state index is -0.281. The predicted octanol–water partition coefficient (Wildman–Crippen LogP) is 6.18. The smallest absolute Gasteiger partial charge is 0.256 e. The summed E-state index contributed by atoms with van der Waals surface area (Å²) in [5, 5.41) is 7.58. The van der Waals surface area contributed by atoms with Gasteiger partial charge in [0, 0.05) is 16.2 Å². The normalized spacial score (nSPS) is 10.6. The van der Waals surface area contributed by atoms with Gasteiger partial charge in [0.15, 0.2) is 5.82 Å². The molecule has 7 heteroatoms. The van der Waals surface area contributed by atoms with Gasteiger partial charge in [-0.15, -0.1) is 0 Å². The van der Waals surface area contributed by atoms with Gasteiger partial charge >= 0.3 is 0 Å². The van der Waals surface area contributed by atoms with Crippen molar-refractivity contribution in [2.75, 3.05) is 5.32 Å². The summed E-state index contributed by atoms with van der Waals surface area (Å²) in [4.78, 5) is 12.7. The fraction of sp³-hybridized carbons (Fsp3) is 0.0833. The minimum absolute atomic E-state index is 0.281. The number of hydrogen-bond donors (Lipinski definition) is 1. The molecular weight excluding hydrogens is 478 g/mol. The van der Waals surface area contributed by atoms with Crippen LogP contribution in [0.25, 0.3) is 0 Å². The van der Waals surface area contributed by atoms with Crippen LogP contribution >= 0.6 is 27.5 Å². The summed E-state index contributed by atoms with van der Waals surface area (Å²) < 4.78 is 8.46. The number of nitrogens with one attached hydrogen (secondary N) is 1. The highest BCUT2D eigenvalue weighted by atomic mass is 79.9. The lowest BCUT2D eigenvalue weighted by Crippen LogP contribution is -2.13. The van der Waals surface area contributed by atoms with E-state index in [0.717, 1.165) is 21.3 Å². The van der Waals surface area contributed by atoms with Crippen molar-refractivity contribution >= 4 is 39.3 Å². The van der Waals surface area contributed by atoms with Gasteiger partial charge in [-0.1, -0.05) is 76.1 Å². The zero-order chi connectivity index (χ0) is 21.6. The van der Waals surface area contributed by atoms with E-state index >= 15 is 0 Å². The fourth-order valence-corrected chi connectivity index (χ4v) is 3.61. The molecule has 0 unspecified atom stereocenters. The average Bonchev–Trinajstić information content (AvgIpc) is 3.11. The summed E-state index contributed by atoms with van der Waals surface area (Å²) in [6.45, 7) is 0.920. The third-order valence-electron chi connectivity index (χ3n) is 4.53. The van der Waals surface area contributed by atoms with Crippen molar-refractivity contribution in [2.24, 2.45) is 0 Å². The third kappa shape index (κ3) is 5.75. The molecule has 0 aliphatic rings. The number of carbonyl (C=O) groups excluding carboxylic acids is 1. The zero-order valence-electron chi connectivity index (χ0n) is 16.5. The third-order valence-corrected chi connectivity index (χ3v) is 5.30. The summed E-state index contributed by atoms with van der Waals surface area (Å²) in [5.74, 6) is 0.800. The summed E-state index contributed by atoms with van der Waals surface area (Å²) in [5.41, 5.74) is 2.48. The van der Waals surface area contributed by atoms with Crippen LogP contribution in [-0.2, 0) is 13.2 Å². The van der Waals surface area contributed by atoms with Crippen molar-refractivity contribution in [1.29, 1.82) is 0 Å². The minimum Gasteiger partial charge on any atom is -0.489 e. The lowest BCUT2D eigenvalue weighted by Gasteiger charge is -2.08. The standard InChI is InChI=1S/C24H19BrClN3O2/c25-20-10-5-11-21(13-20)31-16-18-8-4-9-19(12-18)24(30)27-23-22(26)15-29(28-23)14-17-6-2-1-3-7-17/h1-13,15H,14,16H2,(H,27,28,30). The Morgan fingerprint density at radius 2 is 1.77 bits per heavy atom. The lowest BCUT2D eigenvalue weighted by atomic mass is 10.1. The molecule has 4 rings (SSSR count). The second-order valence-corrected chi connectivity index (χ2v) is 8.23. The van der Waals surface area contributed by atoms with Crippen LogP contribution in [-0.4, -0.2) is 15.7 Å². The van der Waals surface area contributed by atoms with Crippen LogP contribution in [0, 0.1) is 0 Å². The van der Waals surface area contributed by atoms with Crippen molar-refractivity contribution in [3.8, 4) is 5.75 Å². The summed E-state index contributed by atoms with van der Waals surface area (Å²) >= 11 is 9.71. The highest BCUT2D eigenvalue weighted by Gasteiger charge is 2.13. The Kier molecular flexibility index (Phi) is 6.70. The van der Waals surface area contributed by atoms with Crippen LogP contribution < -0.4 is 10.1 Å². The maximum absolute atomic E-state index is 12.7. The molecule has 31 heavy (non-hydrogen) atoms. The van der Waals surface area contributed by atoms with Gasteiger partial charge in [-0.05, 0) is 41.5 Å². The second-order valence-electron chi connectivity index (χ2n) is 6.91. The summed E-state index contributed by atoms with van der Waals surface area (Å²) in [6.07, 6.45) is 1.70. The largest absolute Gasteiger partial charge is 0.489 e.